The highest BCUT2D eigenvalue weighted by Gasteiger charge is 2.30. The topological polar surface area (TPSA) is 233 Å². The minimum absolute atomic E-state index is 0.0281. The number of carbonyl (C=O) groups excluding carboxylic acids is 6. The lowest BCUT2D eigenvalue weighted by Crippen LogP contribution is -2.46. The second-order valence-corrected chi connectivity index (χ2v) is 16.7. The normalized spacial score (nSPS) is 12.8. The van der Waals surface area contributed by atoms with Crippen molar-refractivity contribution in [2.75, 3.05) is 85.3 Å². The van der Waals surface area contributed by atoms with E-state index in [9.17, 15) is 37.2 Å². The lowest BCUT2D eigenvalue weighted by molar-refractivity contribution is -0.135. The number of unbranched alkanes of at least 4 members (excludes halogenated alkanes) is 1. The lowest BCUT2D eigenvalue weighted by Gasteiger charge is -2.26. The fourth-order valence-electron chi connectivity index (χ4n) is 5.53. The summed E-state index contributed by atoms with van der Waals surface area (Å²) in [5, 5.41) is 8.03. The summed E-state index contributed by atoms with van der Waals surface area (Å²) in [5.74, 6) is -3.18. The highest BCUT2D eigenvalue weighted by atomic mass is 32.2. The zero-order chi connectivity index (χ0) is 43.2. The third kappa shape index (κ3) is 29.8. The third-order valence-electron chi connectivity index (χ3n) is 8.89. The molecule has 0 saturated carbocycles. The van der Waals surface area contributed by atoms with Gasteiger partial charge in [0.2, 0.25) is 23.6 Å². The van der Waals surface area contributed by atoms with Crippen molar-refractivity contribution in [1.82, 2.24) is 20.9 Å². The zero-order valence-electron chi connectivity index (χ0n) is 35.4. The van der Waals surface area contributed by atoms with Crippen LogP contribution < -0.4 is 16.0 Å². The van der Waals surface area contributed by atoms with E-state index >= 15 is 0 Å². The molecule has 2 atom stereocenters. The largest absolute Gasteiger partial charge is 0.382 e. The molecule has 0 fully saturated rings. The van der Waals surface area contributed by atoms with Gasteiger partial charge in [-0.25, -0.2) is 0 Å². The molecule has 0 aromatic carbocycles. The molecule has 0 aliphatic heterocycles. The number of hydrogen-bond acceptors (Lipinski definition) is 12. The Bertz CT molecular complexity index is 1290. The first kappa shape index (κ1) is 54.0. The van der Waals surface area contributed by atoms with Crippen LogP contribution in [0.1, 0.15) is 99.3 Å². The highest BCUT2D eigenvalue weighted by molar-refractivity contribution is 7.85. The molecule has 17 nitrogen and oxygen atoms in total. The molecule has 0 bridgehead atoms. The summed E-state index contributed by atoms with van der Waals surface area (Å²) in [6.07, 6.45) is 2.13. The number of rotatable bonds is 36. The van der Waals surface area contributed by atoms with Crippen molar-refractivity contribution in [2.45, 2.75) is 105 Å². The van der Waals surface area contributed by atoms with Crippen molar-refractivity contribution in [3.05, 3.63) is 0 Å². The van der Waals surface area contributed by atoms with Crippen LogP contribution in [0.2, 0.25) is 0 Å². The maximum Gasteiger partial charge on any atom is 0.266 e. The fourth-order valence-corrected chi connectivity index (χ4v) is 5.89. The van der Waals surface area contributed by atoms with Crippen LogP contribution in [0.15, 0.2) is 0 Å². The molecule has 0 radical (unpaired) electrons. The molecule has 4 N–H and O–H groups in total. The van der Waals surface area contributed by atoms with Crippen LogP contribution in [0.5, 0.6) is 0 Å². The number of Topliss-reactive ketones (excluding diaryl/α,β-unsaturated/α-hetero) is 2. The standard InChI is InChI=1S/C39H72N4O13S/c1-29(2)13-18-43(37(48)12-11-34(45)41-17-27-57(50,51)52)19-14-36(47)42-38(30(3)4)33(44)28-32(39(49)31(5)6)10-8-9-16-40-35(46)15-20-54-23-24-56-26-25-55-22-21-53-7/h29-32,38H,8-28H2,1-7H3,(H,40,46)(H,41,45)(H,42,47)(H,50,51,52)/t32-,38+/m1/s1. The molecule has 0 spiro atoms. The smallest absolute Gasteiger partial charge is 0.266 e. The van der Waals surface area contributed by atoms with E-state index < -0.39 is 39.6 Å². The molecule has 57 heavy (non-hydrogen) atoms. The Balaban J connectivity index is 4.91. The van der Waals surface area contributed by atoms with E-state index in [-0.39, 0.29) is 92.9 Å². The SMILES string of the molecule is COCCOCCOCCOCCC(=O)NCCCC[C@H](CC(=O)[C@@H](NC(=O)CCN(CCC(C)C)C(=O)CCC(=O)NCCS(=O)(=O)O)C(C)C)C(=O)C(C)C. The maximum atomic E-state index is 13.6. The Morgan fingerprint density at radius 1 is 0.667 bits per heavy atom. The molecule has 0 unspecified atom stereocenters. The molecule has 0 rings (SSSR count). The van der Waals surface area contributed by atoms with Crippen LogP contribution in [0.25, 0.3) is 0 Å². The van der Waals surface area contributed by atoms with Crippen molar-refractivity contribution in [3.8, 4) is 0 Å². The Kier molecular flexibility index (Phi) is 30.2. The van der Waals surface area contributed by atoms with E-state index in [1.54, 1.807) is 21.0 Å². The van der Waals surface area contributed by atoms with Gasteiger partial charge < -0.3 is 39.8 Å². The molecule has 332 valence electrons. The number of methoxy groups -OCH3 is 1. The van der Waals surface area contributed by atoms with Gasteiger partial charge >= 0.3 is 0 Å². The lowest BCUT2D eigenvalue weighted by atomic mass is 9.84. The van der Waals surface area contributed by atoms with E-state index in [1.807, 2.05) is 27.7 Å². The van der Waals surface area contributed by atoms with Gasteiger partial charge in [0.1, 0.15) is 5.78 Å². The van der Waals surface area contributed by atoms with E-state index in [0.717, 1.165) is 0 Å². The number of nitrogens with one attached hydrogen (secondary N) is 3. The van der Waals surface area contributed by atoms with Crippen molar-refractivity contribution >= 4 is 45.3 Å². The number of carbonyl (C=O) groups is 6. The monoisotopic (exact) mass is 836 g/mol. The van der Waals surface area contributed by atoms with Crippen LogP contribution in [0.3, 0.4) is 0 Å². The van der Waals surface area contributed by atoms with Crippen molar-refractivity contribution in [2.24, 2.45) is 23.7 Å². The van der Waals surface area contributed by atoms with Gasteiger partial charge in [0.15, 0.2) is 5.78 Å². The minimum atomic E-state index is -4.23. The summed E-state index contributed by atoms with van der Waals surface area (Å²) in [4.78, 5) is 78.7. The van der Waals surface area contributed by atoms with E-state index in [2.05, 4.69) is 16.0 Å². The molecule has 0 aromatic rings. The van der Waals surface area contributed by atoms with Gasteiger partial charge in [-0.2, -0.15) is 8.42 Å². The van der Waals surface area contributed by atoms with Crippen LogP contribution in [0.4, 0.5) is 0 Å². The zero-order valence-corrected chi connectivity index (χ0v) is 36.3. The second-order valence-electron chi connectivity index (χ2n) is 15.1. The quantitative estimate of drug-likeness (QED) is 0.0525. The Labute approximate surface area is 340 Å². The molecule has 0 saturated heterocycles. The summed E-state index contributed by atoms with van der Waals surface area (Å²) in [6.45, 7) is 14.8. The number of hydrogen-bond donors (Lipinski definition) is 4. The minimum Gasteiger partial charge on any atom is -0.382 e. The summed E-state index contributed by atoms with van der Waals surface area (Å²) in [6, 6.07) is -0.834. The maximum absolute atomic E-state index is 13.6. The third-order valence-corrected chi connectivity index (χ3v) is 9.61. The fraction of sp³-hybridized carbons (Fsp3) is 0.846. The van der Waals surface area contributed by atoms with Crippen molar-refractivity contribution in [1.29, 1.82) is 0 Å². The van der Waals surface area contributed by atoms with Gasteiger partial charge in [-0.3, -0.25) is 33.3 Å². The molecule has 0 aromatic heterocycles. The highest BCUT2D eigenvalue weighted by Crippen LogP contribution is 2.21. The van der Waals surface area contributed by atoms with Gasteiger partial charge in [-0.15, -0.1) is 0 Å². The molecule has 18 heteroatoms. The first-order valence-electron chi connectivity index (χ1n) is 20.2. The predicted molar refractivity (Wildman–Crippen MR) is 215 cm³/mol. The first-order chi connectivity index (χ1) is 26.9. The summed E-state index contributed by atoms with van der Waals surface area (Å²) in [7, 11) is -2.62. The summed E-state index contributed by atoms with van der Waals surface area (Å²) in [5.41, 5.74) is 0. The molecule has 0 heterocycles. The Hall–Kier alpha value is -3.03. The number of ether oxygens (including phenoxy) is 4. The molecular weight excluding hydrogens is 765 g/mol. The van der Waals surface area contributed by atoms with Gasteiger partial charge in [0.05, 0.1) is 58.0 Å². The van der Waals surface area contributed by atoms with Crippen molar-refractivity contribution in [3.63, 3.8) is 0 Å². The molecule has 4 amide bonds. The van der Waals surface area contributed by atoms with E-state index in [0.29, 0.717) is 78.4 Å². The second kappa shape index (κ2) is 31.9. The number of nitrogens with zero attached hydrogens (tertiary/aromatic N) is 1. The predicted octanol–water partition coefficient (Wildman–Crippen LogP) is 2.35. The molecular formula is C39H72N4O13S. The van der Waals surface area contributed by atoms with Gasteiger partial charge in [0, 0.05) is 77.2 Å². The average Bonchev–Trinajstić information content (AvgIpc) is 3.13. The molecule has 0 aliphatic carbocycles. The summed E-state index contributed by atoms with van der Waals surface area (Å²) >= 11 is 0. The Morgan fingerprint density at radius 2 is 1.25 bits per heavy atom. The van der Waals surface area contributed by atoms with Crippen LogP contribution >= 0.6 is 0 Å². The average molecular weight is 837 g/mol. The van der Waals surface area contributed by atoms with Crippen LogP contribution in [-0.4, -0.2) is 144 Å². The number of ketones is 2. The number of amides is 4. The van der Waals surface area contributed by atoms with Gasteiger partial charge in [-0.05, 0) is 31.1 Å². The van der Waals surface area contributed by atoms with E-state index in [1.165, 1.54) is 4.90 Å². The van der Waals surface area contributed by atoms with Crippen molar-refractivity contribution < 1.29 is 60.7 Å². The molecule has 0 aliphatic rings. The van der Waals surface area contributed by atoms with Crippen LogP contribution in [-0.2, 0) is 57.8 Å². The van der Waals surface area contributed by atoms with Gasteiger partial charge in [-0.1, -0.05) is 48.0 Å². The van der Waals surface area contributed by atoms with Gasteiger partial charge in [0.25, 0.3) is 10.1 Å². The van der Waals surface area contributed by atoms with Crippen LogP contribution in [0, 0.1) is 23.7 Å². The summed E-state index contributed by atoms with van der Waals surface area (Å²) < 4.78 is 51.6. The first-order valence-corrected chi connectivity index (χ1v) is 21.8. The van der Waals surface area contributed by atoms with E-state index in [4.69, 9.17) is 23.5 Å². The Morgan fingerprint density at radius 3 is 1.81 bits per heavy atom.